The van der Waals surface area contributed by atoms with Gasteiger partial charge >= 0.3 is 5.97 Å². The van der Waals surface area contributed by atoms with Gasteiger partial charge in [-0.1, -0.05) is 0 Å². The summed E-state index contributed by atoms with van der Waals surface area (Å²) in [5.74, 6) is -0.511. The number of carbonyl (C=O) groups excluding carboxylic acids is 2. The number of Topliss-reactive ketones (excluding diaryl/α,β-unsaturated/α-hetero) is 1. The lowest BCUT2D eigenvalue weighted by Crippen LogP contribution is -2.43. The van der Waals surface area contributed by atoms with Gasteiger partial charge in [0.15, 0.2) is 17.3 Å². The van der Waals surface area contributed by atoms with Crippen LogP contribution in [0.5, 0.6) is 11.5 Å². The zero-order valence-electron chi connectivity index (χ0n) is 20.6. The number of carbonyl (C=O) groups is 2. The fourth-order valence-electron chi connectivity index (χ4n) is 5.77. The summed E-state index contributed by atoms with van der Waals surface area (Å²) in [7, 11) is 4.44. The minimum atomic E-state index is -0.769. The van der Waals surface area contributed by atoms with Crippen LogP contribution >= 0.6 is 0 Å². The molecular weight excluding hydrogens is 480 g/mol. The van der Waals surface area contributed by atoms with Gasteiger partial charge in [-0.05, 0) is 53.9 Å². The molecule has 0 saturated carbocycles. The maximum Gasteiger partial charge on any atom is 0.323 e. The SMILES string of the molecule is COC(=O)[C@@H]1[C@H](c2ccco2)[C@@H](C(=O)c2ccc([N+](=O)[O-])cc2)[C@@H]2c3cc(OC)c(OC)cc3CCN12. The average Bonchev–Trinajstić information content (AvgIpc) is 3.57. The van der Waals surface area contributed by atoms with Gasteiger partial charge in [0, 0.05) is 30.3 Å². The van der Waals surface area contributed by atoms with Crippen LogP contribution in [0, 0.1) is 16.0 Å². The van der Waals surface area contributed by atoms with E-state index in [4.69, 9.17) is 18.6 Å². The number of furan rings is 1. The van der Waals surface area contributed by atoms with Gasteiger partial charge in [-0.3, -0.25) is 24.6 Å². The second kappa shape index (κ2) is 9.70. The summed E-state index contributed by atoms with van der Waals surface area (Å²) >= 11 is 0. The summed E-state index contributed by atoms with van der Waals surface area (Å²) in [6.07, 6.45) is 2.14. The monoisotopic (exact) mass is 506 g/mol. The molecule has 3 heterocycles. The van der Waals surface area contributed by atoms with Crippen molar-refractivity contribution in [3.05, 3.63) is 87.4 Å². The number of nitro groups is 1. The number of esters is 1. The predicted molar refractivity (Wildman–Crippen MR) is 131 cm³/mol. The Bertz CT molecular complexity index is 1340. The minimum Gasteiger partial charge on any atom is -0.493 e. The van der Waals surface area contributed by atoms with Crippen molar-refractivity contribution in [1.82, 2.24) is 4.90 Å². The van der Waals surface area contributed by atoms with Crippen LogP contribution < -0.4 is 9.47 Å². The maximum absolute atomic E-state index is 14.2. The van der Waals surface area contributed by atoms with Crippen molar-refractivity contribution in [2.45, 2.75) is 24.4 Å². The van der Waals surface area contributed by atoms with Gasteiger partial charge in [0.25, 0.3) is 5.69 Å². The number of fused-ring (bicyclic) bond motifs is 3. The van der Waals surface area contributed by atoms with E-state index in [0.29, 0.717) is 35.8 Å². The molecule has 3 aromatic rings. The van der Waals surface area contributed by atoms with Gasteiger partial charge in [-0.2, -0.15) is 0 Å². The van der Waals surface area contributed by atoms with Crippen LogP contribution in [-0.2, 0) is 16.0 Å². The molecule has 10 nitrogen and oxygen atoms in total. The fraction of sp³-hybridized carbons (Fsp3) is 0.333. The second-order valence-corrected chi connectivity index (χ2v) is 9.04. The number of nitrogens with zero attached hydrogens (tertiary/aromatic N) is 2. The Morgan fingerprint density at radius 3 is 2.35 bits per heavy atom. The van der Waals surface area contributed by atoms with Crippen LogP contribution in [0.15, 0.2) is 59.2 Å². The molecule has 1 saturated heterocycles. The normalized spacial score (nSPS) is 22.6. The van der Waals surface area contributed by atoms with Crippen molar-refractivity contribution in [3.8, 4) is 11.5 Å². The largest absolute Gasteiger partial charge is 0.493 e. The molecule has 0 radical (unpaired) electrons. The van der Waals surface area contributed by atoms with Gasteiger partial charge in [-0.15, -0.1) is 0 Å². The molecule has 37 heavy (non-hydrogen) atoms. The molecule has 4 atom stereocenters. The first-order valence-electron chi connectivity index (χ1n) is 11.8. The molecule has 1 fully saturated rings. The van der Waals surface area contributed by atoms with Crippen molar-refractivity contribution in [2.75, 3.05) is 27.9 Å². The molecule has 5 rings (SSSR count). The van der Waals surface area contributed by atoms with E-state index >= 15 is 0 Å². The molecule has 2 aliphatic heterocycles. The third-order valence-corrected chi connectivity index (χ3v) is 7.36. The van der Waals surface area contributed by atoms with Crippen LogP contribution in [0.25, 0.3) is 0 Å². The lowest BCUT2D eigenvalue weighted by molar-refractivity contribution is -0.384. The summed E-state index contributed by atoms with van der Waals surface area (Å²) < 4.78 is 22.0. The minimum absolute atomic E-state index is 0.112. The Hall–Kier alpha value is -4.18. The van der Waals surface area contributed by atoms with Gasteiger partial charge in [0.05, 0.1) is 44.4 Å². The first-order chi connectivity index (χ1) is 17.9. The Kier molecular flexibility index (Phi) is 6.43. The fourth-order valence-corrected chi connectivity index (χ4v) is 5.77. The molecule has 2 aliphatic rings. The lowest BCUT2D eigenvalue weighted by atomic mass is 9.77. The average molecular weight is 507 g/mol. The molecule has 2 aromatic carbocycles. The molecular formula is C27H26N2O8. The highest BCUT2D eigenvalue weighted by Crippen LogP contribution is 2.54. The number of nitro benzene ring substituents is 1. The van der Waals surface area contributed by atoms with Crippen molar-refractivity contribution in [2.24, 2.45) is 5.92 Å². The van der Waals surface area contributed by atoms with Crippen LogP contribution in [0.4, 0.5) is 5.69 Å². The molecule has 192 valence electrons. The molecule has 0 N–H and O–H groups in total. The summed E-state index contributed by atoms with van der Waals surface area (Å²) in [5.41, 5.74) is 2.04. The van der Waals surface area contributed by atoms with Crippen molar-refractivity contribution >= 4 is 17.4 Å². The third-order valence-electron chi connectivity index (χ3n) is 7.36. The summed E-state index contributed by atoms with van der Waals surface area (Å²) in [4.78, 5) is 40.0. The van der Waals surface area contributed by atoms with Gasteiger partial charge < -0.3 is 18.6 Å². The van der Waals surface area contributed by atoms with E-state index in [1.165, 1.54) is 37.6 Å². The number of methoxy groups -OCH3 is 3. The molecule has 0 spiro atoms. The van der Waals surface area contributed by atoms with Gasteiger partial charge in [0.1, 0.15) is 11.8 Å². The standard InChI is InChI=1S/C27H26N2O8/c1-34-20-13-16-10-11-28-24(18(16)14-21(20)35-2)23(26(30)15-6-8-17(9-7-15)29(32)33)22(19-5-4-12-37-19)25(28)27(31)36-3/h4-9,12-14,22-25H,10-11H2,1-3H3/t22-,23-,24+,25+/m1/s1. The van der Waals surface area contributed by atoms with E-state index in [2.05, 4.69) is 0 Å². The Labute approximate surface area is 212 Å². The number of hydrogen-bond donors (Lipinski definition) is 0. The van der Waals surface area contributed by atoms with E-state index in [0.717, 1.165) is 11.1 Å². The Morgan fingerprint density at radius 2 is 1.76 bits per heavy atom. The van der Waals surface area contributed by atoms with E-state index in [1.54, 1.807) is 26.4 Å². The van der Waals surface area contributed by atoms with Crippen LogP contribution in [0.2, 0.25) is 0 Å². The van der Waals surface area contributed by atoms with Crippen molar-refractivity contribution in [1.29, 1.82) is 0 Å². The molecule has 0 aliphatic carbocycles. The van der Waals surface area contributed by atoms with Gasteiger partial charge in [0.2, 0.25) is 0 Å². The van der Waals surface area contributed by atoms with E-state index in [1.807, 2.05) is 17.0 Å². The predicted octanol–water partition coefficient (Wildman–Crippen LogP) is 3.94. The molecule has 1 aromatic heterocycles. The molecule has 0 unspecified atom stereocenters. The number of benzene rings is 2. The zero-order valence-corrected chi connectivity index (χ0v) is 20.6. The quantitative estimate of drug-likeness (QED) is 0.203. The number of non-ortho nitro benzene ring substituents is 1. The Morgan fingerprint density at radius 1 is 1.05 bits per heavy atom. The van der Waals surface area contributed by atoms with E-state index < -0.39 is 34.8 Å². The van der Waals surface area contributed by atoms with E-state index in [-0.39, 0.29) is 11.5 Å². The zero-order chi connectivity index (χ0) is 26.3. The highest BCUT2D eigenvalue weighted by Gasteiger charge is 2.58. The first kappa shape index (κ1) is 24.5. The number of ether oxygens (including phenoxy) is 3. The summed E-state index contributed by atoms with van der Waals surface area (Å²) in [6.45, 7) is 0.508. The van der Waals surface area contributed by atoms with Gasteiger partial charge in [-0.25, -0.2) is 0 Å². The number of ketones is 1. The first-order valence-corrected chi connectivity index (χ1v) is 11.8. The van der Waals surface area contributed by atoms with Crippen LogP contribution in [0.3, 0.4) is 0 Å². The Balaban J connectivity index is 1.70. The topological polar surface area (TPSA) is 121 Å². The highest BCUT2D eigenvalue weighted by molar-refractivity contribution is 6.00. The second-order valence-electron chi connectivity index (χ2n) is 9.04. The number of hydrogen-bond acceptors (Lipinski definition) is 9. The van der Waals surface area contributed by atoms with E-state index in [9.17, 15) is 19.7 Å². The van der Waals surface area contributed by atoms with Crippen molar-refractivity contribution in [3.63, 3.8) is 0 Å². The lowest BCUT2D eigenvalue weighted by Gasteiger charge is -2.36. The molecule has 0 bridgehead atoms. The highest BCUT2D eigenvalue weighted by atomic mass is 16.6. The third kappa shape index (κ3) is 4.03. The van der Waals surface area contributed by atoms with Crippen LogP contribution in [-0.4, -0.2) is 55.5 Å². The maximum atomic E-state index is 14.2. The summed E-state index contributed by atoms with van der Waals surface area (Å²) in [5, 5.41) is 11.2. The summed E-state index contributed by atoms with van der Waals surface area (Å²) in [6, 6.07) is 11.5. The number of rotatable bonds is 7. The smallest absolute Gasteiger partial charge is 0.323 e. The molecule has 0 amide bonds. The van der Waals surface area contributed by atoms with Crippen LogP contribution in [0.1, 0.15) is 39.2 Å². The molecule has 10 heteroatoms. The van der Waals surface area contributed by atoms with Crippen molar-refractivity contribution < 1.29 is 33.1 Å².